The fourth-order valence-electron chi connectivity index (χ4n) is 1.64. The number of alkyl halides is 3. The molecule has 22 heavy (non-hydrogen) atoms. The molecular weight excluding hydrogens is 303 g/mol. The Morgan fingerprint density at radius 3 is 2.27 bits per heavy atom. The SMILES string of the molecule is Nc1nc(N)nc(COC(=O)c2ccccc2C(F)(F)F)n1. The lowest BCUT2D eigenvalue weighted by atomic mass is 10.1. The lowest BCUT2D eigenvalue weighted by Gasteiger charge is -2.11. The van der Waals surface area contributed by atoms with E-state index in [0.29, 0.717) is 0 Å². The maximum atomic E-state index is 12.8. The summed E-state index contributed by atoms with van der Waals surface area (Å²) >= 11 is 0. The van der Waals surface area contributed by atoms with Crippen LogP contribution in [-0.4, -0.2) is 20.9 Å². The Bertz CT molecular complexity index is 685. The predicted molar refractivity (Wildman–Crippen MR) is 69.2 cm³/mol. The number of carbonyl (C=O) groups is 1. The minimum absolute atomic E-state index is 0.0668. The van der Waals surface area contributed by atoms with Crippen molar-refractivity contribution in [3.05, 3.63) is 41.2 Å². The molecule has 2 aromatic rings. The number of aromatic nitrogens is 3. The smallest absolute Gasteiger partial charge is 0.417 e. The van der Waals surface area contributed by atoms with Gasteiger partial charge in [0.25, 0.3) is 0 Å². The first-order chi connectivity index (χ1) is 10.3. The van der Waals surface area contributed by atoms with Crippen molar-refractivity contribution in [3.8, 4) is 0 Å². The van der Waals surface area contributed by atoms with Crippen LogP contribution >= 0.6 is 0 Å². The predicted octanol–water partition coefficient (Wildman–Crippen LogP) is 1.41. The summed E-state index contributed by atoms with van der Waals surface area (Å²) in [4.78, 5) is 22.6. The van der Waals surface area contributed by atoms with Gasteiger partial charge in [-0.25, -0.2) is 4.79 Å². The van der Waals surface area contributed by atoms with Gasteiger partial charge in [-0.2, -0.15) is 28.1 Å². The number of benzene rings is 1. The third kappa shape index (κ3) is 3.59. The van der Waals surface area contributed by atoms with Gasteiger partial charge in [-0.05, 0) is 12.1 Å². The van der Waals surface area contributed by atoms with Crippen LogP contribution in [0.15, 0.2) is 24.3 Å². The second-order valence-electron chi connectivity index (χ2n) is 4.09. The number of anilines is 2. The van der Waals surface area contributed by atoms with E-state index in [1.807, 2.05) is 0 Å². The van der Waals surface area contributed by atoms with Gasteiger partial charge >= 0.3 is 12.1 Å². The summed E-state index contributed by atoms with van der Waals surface area (Å²) in [6.45, 7) is -0.484. The minimum Gasteiger partial charge on any atom is -0.454 e. The lowest BCUT2D eigenvalue weighted by molar-refractivity contribution is -0.138. The van der Waals surface area contributed by atoms with Gasteiger partial charge in [0.15, 0.2) is 12.4 Å². The third-order valence-electron chi connectivity index (χ3n) is 2.50. The summed E-state index contributed by atoms with van der Waals surface area (Å²) in [5.74, 6) is -1.60. The van der Waals surface area contributed by atoms with E-state index in [9.17, 15) is 18.0 Å². The highest BCUT2D eigenvalue weighted by molar-refractivity contribution is 5.91. The number of halogens is 3. The topological polar surface area (TPSA) is 117 Å². The molecule has 0 saturated carbocycles. The quantitative estimate of drug-likeness (QED) is 0.823. The molecule has 2 rings (SSSR count). The van der Waals surface area contributed by atoms with Gasteiger partial charge in [0.1, 0.15) is 0 Å². The molecule has 0 bridgehead atoms. The van der Waals surface area contributed by atoms with Gasteiger partial charge < -0.3 is 16.2 Å². The highest BCUT2D eigenvalue weighted by Gasteiger charge is 2.35. The number of nitrogen functional groups attached to an aromatic ring is 2. The maximum absolute atomic E-state index is 12.8. The average molecular weight is 313 g/mol. The number of esters is 1. The van der Waals surface area contributed by atoms with Crippen LogP contribution in [-0.2, 0) is 17.5 Å². The van der Waals surface area contributed by atoms with E-state index in [0.717, 1.165) is 12.1 Å². The molecule has 0 aliphatic rings. The van der Waals surface area contributed by atoms with Crippen LogP contribution in [0, 0.1) is 0 Å². The van der Waals surface area contributed by atoms with E-state index < -0.39 is 29.9 Å². The second-order valence-corrected chi connectivity index (χ2v) is 4.09. The largest absolute Gasteiger partial charge is 0.454 e. The molecule has 0 atom stereocenters. The standard InChI is InChI=1S/C12H10F3N5O2/c13-12(14,15)7-4-2-1-3-6(7)9(21)22-5-8-18-10(16)20-11(17)19-8/h1-4H,5H2,(H4,16,17,18,19,20). The molecule has 0 aliphatic heterocycles. The van der Waals surface area contributed by atoms with Gasteiger partial charge in [-0.1, -0.05) is 12.1 Å². The zero-order valence-corrected chi connectivity index (χ0v) is 11.0. The fraction of sp³-hybridized carbons (Fsp3) is 0.167. The molecule has 0 amide bonds. The first-order valence-electron chi connectivity index (χ1n) is 5.86. The number of hydrogen-bond donors (Lipinski definition) is 2. The number of rotatable bonds is 3. The Morgan fingerprint density at radius 2 is 1.68 bits per heavy atom. The summed E-state index contributed by atoms with van der Waals surface area (Å²) < 4.78 is 43.2. The zero-order valence-electron chi connectivity index (χ0n) is 11.0. The van der Waals surface area contributed by atoms with Crippen LogP contribution < -0.4 is 11.5 Å². The van der Waals surface area contributed by atoms with Crippen LogP contribution in [0.3, 0.4) is 0 Å². The minimum atomic E-state index is -4.67. The van der Waals surface area contributed by atoms with Crippen LogP contribution in [0.2, 0.25) is 0 Å². The Morgan fingerprint density at radius 1 is 1.09 bits per heavy atom. The van der Waals surface area contributed by atoms with Crippen LogP contribution in [0.5, 0.6) is 0 Å². The molecule has 0 aliphatic carbocycles. The van der Waals surface area contributed by atoms with E-state index in [-0.39, 0.29) is 17.7 Å². The third-order valence-corrected chi connectivity index (χ3v) is 2.50. The molecule has 1 aromatic carbocycles. The Hall–Kier alpha value is -2.91. The fourth-order valence-corrected chi connectivity index (χ4v) is 1.64. The molecule has 0 fully saturated rings. The van der Waals surface area contributed by atoms with Gasteiger partial charge in [0, 0.05) is 0 Å². The van der Waals surface area contributed by atoms with Crippen LogP contribution in [0.25, 0.3) is 0 Å². The number of carbonyl (C=O) groups excluding carboxylic acids is 1. The molecule has 0 spiro atoms. The molecule has 0 saturated heterocycles. The van der Waals surface area contributed by atoms with Crippen molar-refractivity contribution in [2.24, 2.45) is 0 Å². The molecular formula is C12H10F3N5O2. The van der Waals surface area contributed by atoms with Crippen molar-refractivity contribution in [2.75, 3.05) is 11.5 Å². The Labute approximate surface area is 122 Å². The van der Waals surface area contributed by atoms with E-state index >= 15 is 0 Å². The van der Waals surface area contributed by atoms with Gasteiger partial charge in [-0.15, -0.1) is 0 Å². The number of nitrogens with zero attached hydrogens (tertiary/aromatic N) is 3. The summed E-state index contributed by atoms with van der Waals surface area (Å²) in [5.41, 5.74) is 8.96. The summed E-state index contributed by atoms with van der Waals surface area (Å²) in [5, 5.41) is 0. The average Bonchev–Trinajstić information content (AvgIpc) is 2.43. The number of nitrogens with two attached hydrogens (primary N) is 2. The summed E-state index contributed by atoms with van der Waals surface area (Å²) in [7, 11) is 0. The maximum Gasteiger partial charge on any atom is 0.417 e. The molecule has 7 nitrogen and oxygen atoms in total. The monoisotopic (exact) mass is 313 g/mol. The summed E-state index contributed by atoms with van der Waals surface area (Å²) in [6, 6.07) is 4.27. The van der Waals surface area contributed by atoms with Crippen molar-refractivity contribution >= 4 is 17.9 Å². The van der Waals surface area contributed by atoms with Crippen molar-refractivity contribution in [1.82, 2.24) is 15.0 Å². The molecule has 0 radical (unpaired) electrons. The highest BCUT2D eigenvalue weighted by atomic mass is 19.4. The van der Waals surface area contributed by atoms with Crippen molar-refractivity contribution < 1.29 is 22.7 Å². The normalized spacial score (nSPS) is 11.2. The van der Waals surface area contributed by atoms with Gasteiger partial charge in [0.05, 0.1) is 11.1 Å². The first-order valence-corrected chi connectivity index (χ1v) is 5.86. The highest BCUT2D eigenvalue weighted by Crippen LogP contribution is 2.32. The molecule has 116 valence electrons. The van der Waals surface area contributed by atoms with Gasteiger partial charge in [0.2, 0.25) is 11.9 Å². The van der Waals surface area contributed by atoms with E-state index in [2.05, 4.69) is 15.0 Å². The molecule has 10 heteroatoms. The molecule has 0 unspecified atom stereocenters. The molecule has 1 aromatic heterocycles. The van der Waals surface area contributed by atoms with Crippen molar-refractivity contribution in [3.63, 3.8) is 0 Å². The second kappa shape index (κ2) is 5.84. The number of hydrogen-bond acceptors (Lipinski definition) is 7. The zero-order chi connectivity index (χ0) is 16.3. The Balaban J connectivity index is 2.17. The van der Waals surface area contributed by atoms with Crippen LogP contribution in [0.1, 0.15) is 21.7 Å². The van der Waals surface area contributed by atoms with E-state index in [4.69, 9.17) is 16.2 Å². The van der Waals surface area contributed by atoms with Crippen LogP contribution in [0.4, 0.5) is 25.1 Å². The lowest BCUT2D eigenvalue weighted by Crippen LogP contribution is -2.16. The Kier molecular flexibility index (Phi) is 4.11. The molecule has 1 heterocycles. The first kappa shape index (κ1) is 15.5. The van der Waals surface area contributed by atoms with Crippen molar-refractivity contribution in [1.29, 1.82) is 0 Å². The number of ether oxygens (including phenoxy) is 1. The summed E-state index contributed by atoms with van der Waals surface area (Å²) in [6.07, 6.45) is -4.67. The van der Waals surface area contributed by atoms with E-state index in [1.54, 1.807) is 0 Å². The van der Waals surface area contributed by atoms with Crippen molar-refractivity contribution in [2.45, 2.75) is 12.8 Å². The van der Waals surface area contributed by atoms with Gasteiger partial charge in [-0.3, -0.25) is 0 Å². The van der Waals surface area contributed by atoms with E-state index in [1.165, 1.54) is 12.1 Å². The molecule has 4 N–H and O–H groups in total.